The summed E-state index contributed by atoms with van der Waals surface area (Å²) < 4.78 is 0. The Morgan fingerprint density at radius 3 is 2.24 bits per heavy atom. The largest absolute Gasteiger partial charge is 0.362 e. The Labute approximate surface area is 207 Å². The lowest BCUT2D eigenvalue weighted by Gasteiger charge is -2.19. The third-order valence-corrected chi connectivity index (χ3v) is 5.66. The number of hydrogen-bond acceptors (Lipinski definition) is 3. The minimum atomic E-state index is -0.460. The number of rotatable bonds is 10. The molecule has 0 aliphatic rings. The molecule has 0 saturated carbocycles. The zero-order valence-corrected chi connectivity index (χ0v) is 20.7. The first-order valence-corrected chi connectivity index (χ1v) is 11.8. The van der Waals surface area contributed by atoms with Gasteiger partial charge in [-0.25, -0.2) is 0 Å². The predicted molar refractivity (Wildman–Crippen MR) is 144 cm³/mol. The van der Waals surface area contributed by atoms with Crippen molar-refractivity contribution in [3.05, 3.63) is 118 Å². The lowest BCUT2D eigenvalue weighted by atomic mass is 10.0. The molecule has 4 nitrogen and oxygen atoms in total. The van der Waals surface area contributed by atoms with Gasteiger partial charge in [0.1, 0.15) is 6.04 Å². The van der Waals surface area contributed by atoms with Crippen LogP contribution in [0.4, 0.5) is 5.69 Å². The van der Waals surface area contributed by atoms with Crippen molar-refractivity contribution in [3.8, 4) is 0 Å². The molecule has 0 aliphatic carbocycles. The van der Waals surface area contributed by atoms with Gasteiger partial charge >= 0.3 is 0 Å². The summed E-state index contributed by atoms with van der Waals surface area (Å²) in [5.74, 6) is -0.0930. The van der Waals surface area contributed by atoms with Gasteiger partial charge in [-0.05, 0) is 74.3 Å². The zero-order chi connectivity index (χ0) is 24.3. The van der Waals surface area contributed by atoms with Gasteiger partial charge in [-0.2, -0.15) is 0 Å². The summed E-state index contributed by atoms with van der Waals surface area (Å²) >= 11 is 5.98. The number of carbonyl (C=O) groups is 1. The average molecular weight is 474 g/mol. The molecule has 0 aliphatic heterocycles. The van der Waals surface area contributed by atoms with Crippen molar-refractivity contribution in [1.82, 2.24) is 10.6 Å². The number of nitrogens with one attached hydrogen (secondary N) is 3. The molecule has 0 spiro atoms. The standard InChI is InChI=1S/C29H32ClN3O/c1-4-19-31-27(21(2)3)24-12-16-26(17-13-24)33-29(34)28(23-8-6-5-7-9-23)32-20-18-22-10-14-25(30)15-11-22/h4-17,19,28,31-32H,18,20H2,1-3H3,(H,33,34)/b19-4-. The predicted octanol–water partition coefficient (Wildman–Crippen LogP) is 6.73. The van der Waals surface area contributed by atoms with E-state index < -0.39 is 6.04 Å². The highest BCUT2D eigenvalue weighted by molar-refractivity contribution is 6.30. The average Bonchev–Trinajstić information content (AvgIpc) is 2.84. The molecular formula is C29H32ClN3O. The van der Waals surface area contributed by atoms with Crippen molar-refractivity contribution in [1.29, 1.82) is 0 Å². The van der Waals surface area contributed by atoms with Crippen LogP contribution in [0.5, 0.6) is 0 Å². The molecule has 0 aromatic heterocycles. The molecule has 0 radical (unpaired) electrons. The maximum atomic E-state index is 13.2. The van der Waals surface area contributed by atoms with Crippen molar-refractivity contribution < 1.29 is 4.79 Å². The summed E-state index contributed by atoms with van der Waals surface area (Å²) in [6.07, 6.45) is 4.67. The van der Waals surface area contributed by atoms with E-state index in [9.17, 15) is 4.79 Å². The summed E-state index contributed by atoms with van der Waals surface area (Å²) in [4.78, 5) is 13.2. The first-order chi connectivity index (χ1) is 16.5. The number of benzene rings is 3. The lowest BCUT2D eigenvalue weighted by Crippen LogP contribution is -2.34. The quantitative estimate of drug-likeness (QED) is 0.306. The number of carbonyl (C=O) groups excluding carboxylic acids is 1. The molecule has 0 bridgehead atoms. The van der Waals surface area contributed by atoms with E-state index in [1.54, 1.807) is 0 Å². The first kappa shape index (κ1) is 25.3. The summed E-state index contributed by atoms with van der Waals surface area (Å²) in [6.45, 7) is 6.78. The lowest BCUT2D eigenvalue weighted by molar-refractivity contribution is -0.118. The van der Waals surface area contributed by atoms with Crippen LogP contribution in [-0.2, 0) is 11.2 Å². The third-order valence-electron chi connectivity index (χ3n) is 5.41. The fourth-order valence-electron chi connectivity index (χ4n) is 3.64. The third kappa shape index (κ3) is 7.34. The second kappa shape index (κ2) is 12.8. The van der Waals surface area contributed by atoms with Crippen LogP contribution in [0, 0.1) is 0 Å². The van der Waals surface area contributed by atoms with Crippen LogP contribution in [0.2, 0.25) is 5.02 Å². The molecule has 0 heterocycles. The van der Waals surface area contributed by atoms with E-state index in [0.717, 1.165) is 34.0 Å². The molecule has 0 saturated heterocycles. The molecule has 176 valence electrons. The molecule has 3 aromatic rings. The Kier molecular flexibility index (Phi) is 9.51. The van der Waals surface area contributed by atoms with E-state index in [-0.39, 0.29) is 5.91 Å². The second-order valence-electron chi connectivity index (χ2n) is 8.26. The molecule has 1 atom stereocenters. The molecule has 3 N–H and O–H groups in total. The number of allylic oxidation sites excluding steroid dienone is 2. The van der Waals surface area contributed by atoms with Crippen molar-refractivity contribution in [2.24, 2.45) is 0 Å². The molecule has 3 aromatic carbocycles. The summed E-state index contributed by atoms with van der Waals surface area (Å²) in [7, 11) is 0. The monoisotopic (exact) mass is 473 g/mol. The van der Waals surface area contributed by atoms with E-state index in [2.05, 4.69) is 29.8 Å². The minimum absolute atomic E-state index is 0.0930. The maximum absolute atomic E-state index is 13.2. The SMILES string of the molecule is C/C=C\NC(=C(C)C)c1ccc(NC(=O)C(NCCc2ccc(Cl)cc2)c2ccccc2)cc1. The summed E-state index contributed by atoms with van der Waals surface area (Å²) in [6, 6.07) is 25.0. The van der Waals surface area contributed by atoms with Gasteiger partial charge in [0.25, 0.3) is 0 Å². The van der Waals surface area contributed by atoms with Crippen LogP contribution in [0.3, 0.4) is 0 Å². The van der Waals surface area contributed by atoms with Gasteiger partial charge in [-0.15, -0.1) is 0 Å². The Hall–Kier alpha value is -3.34. The molecule has 34 heavy (non-hydrogen) atoms. The highest BCUT2D eigenvalue weighted by Crippen LogP contribution is 2.21. The smallest absolute Gasteiger partial charge is 0.246 e. The van der Waals surface area contributed by atoms with Crippen LogP contribution in [-0.4, -0.2) is 12.5 Å². The van der Waals surface area contributed by atoms with Gasteiger partial charge in [-0.3, -0.25) is 4.79 Å². The van der Waals surface area contributed by atoms with Crippen molar-refractivity contribution in [3.63, 3.8) is 0 Å². The van der Waals surface area contributed by atoms with Crippen LogP contribution in [0.15, 0.2) is 96.7 Å². The fourth-order valence-corrected chi connectivity index (χ4v) is 3.76. The molecule has 1 unspecified atom stereocenters. The number of anilines is 1. The molecule has 5 heteroatoms. The molecular weight excluding hydrogens is 442 g/mol. The summed E-state index contributed by atoms with van der Waals surface area (Å²) in [5, 5.41) is 10.5. The van der Waals surface area contributed by atoms with Crippen molar-refractivity contribution in [2.75, 3.05) is 11.9 Å². The van der Waals surface area contributed by atoms with Crippen LogP contribution in [0.1, 0.15) is 43.5 Å². The Balaban J connectivity index is 1.70. The van der Waals surface area contributed by atoms with E-state index in [1.807, 2.05) is 98.1 Å². The van der Waals surface area contributed by atoms with E-state index in [1.165, 1.54) is 11.1 Å². The van der Waals surface area contributed by atoms with Gasteiger partial charge in [0, 0.05) is 23.0 Å². The van der Waals surface area contributed by atoms with E-state index in [0.29, 0.717) is 6.54 Å². The number of halogens is 1. The van der Waals surface area contributed by atoms with Crippen LogP contribution >= 0.6 is 11.6 Å². The van der Waals surface area contributed by atoms with Crippen LogP contribution in [0.25, 0.3) is 5.70 Å². The molecule has 3 rings (SSSR count). The van der Waals surface area contributed by atoms with Crippen LogP contribution < -0.4 is 16.0 Å². The minimum Gasteiger partial charge on any atom is -0.362 e. The highest BCUT2D eigenvalue weighted by atomic mass is 35.5. The van der Waals surface area contributed by atoms with Gasteiger partial charge < -0.3 is 16.0 Å². The normalized spacial score (nSPS) is 11.8. The van der Waals surface area contributed by atoms with E-state index >= 15 is 0 Å². The zero-order valence-electron chi connectivity index (χ0n) is 19.9. The van der Waals surface area contributed by atoms with Gasteiger partial charge in [0.2, 0.25) is 5.91 Å². The highest BCUT2D eigenvalue weighted by Gasteiger charge is 2.20. The molecule has 0 fully saturated rings. The molecule has 1 amide bonds. The van der Waals surface area contributed by atoms with Gasteiger partial charge in [0.15, 0.2) is 0 Å². The fraction of sp³-hybridized carbons (Fsp3) is 0.207. The first-order valence-electron chi connectivity index (χ1n) is 11.5. The second-order valence-corrected chi connectivity index (χ2v) is 8.70. The Morgan fingerprint density at radius 1 is 0.941 bits per heavy atom. The van der Waals surface area contributed by atoms with Crippen molar-refractivity contribution in [2.45, 2.75) is 33.2 Å². The summed E-state index contributed by atoms with van der Waals surface area (Å²) in [5.41, 5.74) is 6.16. The van der Waals surface area contributed by atoms with E-state index in [4.69, 9.17) is 11.6 Å². The van der Waals surface area contributed by atoms with Gasteiger partial charge in [0.05, 0.1) is 0 Å². The Morgan fingerprint density at radius 2 is 1.62 bits per heavy atom. The maximum Gasteiger partial charge on any atom is 0.246 e. The number of hydrogen-bond donors (Lipinski definition) is 3. The van der Waals surface area contributed by atoms with Gasteiger partial charge in [-0.1, -0.05) is 77.8 Å². The number of amides is 1. The van der Waals surface area contributed by atoms with Crippen molar-refractivity contribution >= 4 is 28.9 Å². The Bertz CT molecular complexity index is 1120. The topological polar surface area (TPSA) is 53.2 Å².